The highest BCUT2D eigenvalue weighted by molar-refractivity contribution is 5.70. The standard InChI is InChI=1S/C12H20N2O/c1-10-6-5-7-11(12(10)13)14(2)8-3-4-9-15/h5-7,15H,3-4,8-9,13H2,1-2H3. The van der Waals surface area contributed by atoms with Crippen molar-refractivity contribution in [3.63, 3.8) is 0 Å². The Labute approximate surface area is 91.5 Å². The molecule has 0 radical (unpaired) electrons. The van der Waals surface area contributed by atoms with Crippen LogP contribution >= 0.6 is 0 Å². The summed E-state index contributed by atoms with van der Waals surface area (Å²) < 4.78 is 0. The highest BCUT2D eigenvalue weighted by atomic mass is 16.2. The molecule has 0 heterocycles. The zero-order valence-corrected chi connectivity index (χ0v) is 9.53. The van der Waals surface area contributed by atoms with Gasteiger partial charge in [-0.1, -0.05) is 12.1 Å². The topological polar surface area (TPSA) is 49.5 Å². The van der Waals surface area contributed by atoms with Gasteiger partial charge in [-0.15, -0.1) is 0 Å². The molecule has 0 bridgehead atoms. The van der Waals surface area contributed by atoms with E-state index in [1.807, 2.05) is 32.2 Å². The first-order chi connectivity index (χ1) is 7.16. The summed E-state index contributed by atoms with van der Waals surface area (Å²) in [5.41, 5.74) is 9.04. The van der Waals surface area contributed by atoms with Crippen LogP contribution in [-0.2, 0) is 0 Å². The van der Waals surface area contributed by atoms with Crippen LogP contribution in [0.3, 0.4) is 0 Å². The lowest BCUT2D eigenvalue weighted by molar-refractivity contribution is 0.285. The van der Waals surface area contributed by atoms with Crippen LogP contribution in [0.2, 0.25) is 0 Å². The Morgan fingerprint density at radius 3 is 2.73 bits per heavy atom. The molecule has 0 aliphatic heterocycles. The summed E-state index contributed by atoms with van der Waals surface area (Å²) in [7, 11) is 2.03. The van der Waals surface area contributed by atoms with Crippen LogP contribution in [0.4, 0.5) is 11.4 Å². The van der Waals surface area contributed by atoms with E-state index in [-0.39, 0.29) is 6.61 Å². The molecule has 0 aliphatic carbocycles. The van der Waals surface area contributed by atoms with E-state index in [0.717, 1.165) is 36.3 Å². The molecule has 0 unspecified atom stereocenters. The molecular weight excluding hydrogens is 188 g/mol. The number of aliphatic hydroxyl groups excluding tert-OH is 1. The van der Waals surface area contributed by atoms with Crippen LogP contribution in [0.5, 0.6) is 0 Å². The first kappa shape index (κ1) is 11.9. The van der Waals surface area contributed by atoms with Crippen LogP contribution in [0.15, 0.2) is 18.2 Å². The molecule has 1 aromatic carbocycles. The van der Waals surface area contributed by atoms with Gasteiger partial charge in [0.2, 0.25) is 0 Å². The Morgan fingerprint density at radius 2 is 2.07 bits per heavy atom. The third-order valence-electron chi connectivity index (χ3n) is 2.61. The molecule has 0 spiro atoms. The first-order valence-electron chi connectivity index (χ1n) is 5.34. The summed E-state index contributed by atoms with van der Waals surface area (Å²) in [4.78, 5) is 2.14. The van der Waals surface area contributed by atoms with Crippen LogP contribution in [0.25, 0.3) is 0 Å². The number of hydrogen-bond donors (Lipinski definition) is 2. The fourth-order valence-electron chi connectivity index (χ4n) is 1.58. The molecule has 84 valence electrons. The summed E-state index contributed by atoms with van der Waals surface area (Å²) in [6.45, 7) is 3.20. The van der Waals surface area contributed by atoms with E-state index in [4.69, 9.17) is 10.8 Å². The number of para-hydroxylation sites is 1. The van der Waals surface area contributed by atoms with Crippen molar-refractivity contribution in [2.45, 2.75) is 19.8 Å². The Bertz CT molecular complexity index is 312. The smallest absolute Gasteiger partial charge is 0.0600 e. The van der Waals surface area contributed by atoms with Crippen molar-refractivity contribution in [1.82, 2.24) is 0 Å². The van der Waals surface area contributed by atoms with E-state index < -0.39 is 0 Å². The Kier molecular flexibility index (Phi) is 4.43. The number of aryl methyl sites for hydroxylation is 1. The number of nitrogens with zero attached hydrogens (tertiary/aromatic N) is 1. The average Bonchev–Trinajstić information content (AvgIpc) is 2.22. The van der Waals surface area contributed by atoms with Crippen molar-refractivity contribution in [1.29, 1.82) is 0 Å². The minimum absolute atomic E-state index is 0.261. The lowest BCUT2D eigenvalue weighted by Gasteiger charge is -2.21. The van der Waals surface area contributed by atoms with Crippen LogP contribution < -0.4 is 10.6 Å². The number of benzene rings is 1. The maximum atomic E-state index is 8.71. The van der Waals surface area contributed by atoms with Crippen molar-refractivity contribution >= 4 is 11.4 Å². The molecule has 0 saturated heterocycles. The molecule has 3 heteroatoms. The fourth-order valence-corrected chi connectivity index (χ4v) is 1.58. The van der Waals surface area contributed by atoms with Gasteiger partial charge in [0.05, 0.1) is 11.4 Å². The van der Waals surface area contributed by atoms with E-state index in [1.165, 1.54) is 0 Å². The fraction of sp³-hybridized carbons (Fsp3) is 0.500. The number of aliphatic hydroxyl groups is 1. The minimum Gasteiger partial charge on any atom is -0.397 e. The third kappa shape index (κ3) is 3.13. The van der Waals surface area contributed by atoms with E-state index in [1.54, 1.807) is 0 Å². The Morgan fingerprint density at radius 1 is 1.33 bits per heavy atom. The highest BCUT2D eigenvalue weighted by Crippen LogP contribution is 2.25. The van der Waals surface area contributed by atoms with Gasteiger partial charge in [-0.3, -0.25) is 0 Å². The second kappa shape index (κ2) is 5.61. The van der Waals surface area contributed by atoms with E-state index >= 15 is 0 Å². The molecule has 0 fully saturated rings. The van der Waals surface area contributed by atoms with Crippen molar-refractivity contribution in [2.75, 3.05) is 30.8 Å². The third-order valence-corrected chi connectivity index (χ3v) is 2.61. The van der Waals surface area contributed by atoms with E-state index in [2.05, 4.69) is 4.90 Å². The predicted molar refractivity (Wildman–Crippen MR) is 65.2 cm³/mol. The van der Waals surface area contributed by atoms with Gasteiger partial charge in [-0.2, -0.15) is 0 Å². The number of rotatable bonds is 5. The van der Waals surface area contributed by atoms with Gasteiger partial charge in [-0.05, 0) is 31.4 Å². The second-order valence-electron chi connectivity index (χ2n) is 3.86. The quantitative estimate of drug-likeness (QED) is 0.573. The van der Waals surface area contributed by atoms with Gasteiger partial charge in [0.15, 0.2) is 0 Å². The van der Waals surface area contributed by atoms with Gasteiger partial charge < -0.3 is 15.7 Å². The Balaban J connectivity index is 2.65. The molecular formula is C12H20N2O. The molecule has 0 aromatic heterocycles. The van der Waals surface area contributed by atoms with Gasteiger partial charge in [0.1, 0.15) is 0 Å². The normalized spacial score (nSPS) is 10.3. The molecule has 1 rings (SSSR count). The van der Waals surface area contributed by atoms with E-state index in [9.17, 15) is 0 Å². The zero-order chi connectivity index (χ0) is 11.3. The van der Waals surface area contributed by atoms with Crippen molar-refractivity contribution in [2.24, 2.45) is 0 Å². The number of unbranched alkanes of at least 4 members (excludes halogenated alkanes) is 1. The number of nitrogen functional groups attached to an aromatic ring is 1. The number of hydrogen-bond acceptors (Lipinski definition) is 3. The largest absolute Gasteiger partial charge is 0.397 e. The lowest BCUT2D eigenvalue weighted by atomic mass is 10.1. The molecule has 1 aromatic rings. The summed E-state index contributed by atoms with van der Waals surface area (Å²) in [6, 6.07) is 6.06. The molecule has 3 nitrogen and oxygen atoms in total. The van der Waals surface area contributed by atoms with Crippen molar-refractivity contribution < 1.29 is 5.11 Å². The second-order valence-corrected chi connectivity index (χ2v) is 3.86. The Hall–Kier alpha value is -1.22. The first-order valence-corrected chi connectivity index (χ1v) is 5.34. The average molecular weight is 208 g/mol. The van der Waals surface area contributed by atoms with Gasteiger partial charge in [0.25, 0.3) is 0 Å². The molecule has 0 amide bonds. The molecule has 0 saturated carbocycles. The molecule has 0 atom stereocenters. The monoisotopic (exact) mass is 208 g/mol. The summed E-state index contributed by atoms with van der Waals surface area (Å²) in [5.74, 6) is 0. The predicted octanol–water partition coefficient (Wildman–Crippen LogP) is 1.79. The number of nitrogens with two attached hydrogens (primary N) is 1. The van der Waals surface area contributed by atoms with Crippen LogP contribution in [0.1, 0.15) is 18.4 Å². The maximum absolute atomic E-state index is 8.71. The van der Waals surface area contributed by atoms with Crippen LogP contribution in [0, 0.1) is 6.92 Å². The minimum atomic E-state index is 0.261. The molecule has 3 N–H and O–H groups in total. The SMILES string of the molecule is Cc1cccc(N(C)CCCCO)c1N. The zero-order valence-electron chi connectivity index (χ0n) is 9.53. The molecule has 15 heavy (non-hydrogen) atoms. The summed E-state index contributed by atoms with van der Waals surface area (Å²) in [6.07, 6.45) is 1.83. The van der Waals surface area contributed by atoms with Crippen molar-refractivity contribution in [3.05, 3.63) is 23.8 Å². The van der Waals surface area contributed by atoms with Crippen LogP contribution in [-0.4, -0.2) is 25.3 Å². The number of anilines is 2. The van der Waals surface area contributed by atoms with Gasteiger partial charge >= 0.3 is 0 Å². The maximum Gasteiger partial charge on any atom is 0.0600 e. The van der Waals surface area contributed by atoms with E-state index in [0.29, 0.717) is 0 Å². The lowest BCUT2D eigenvalue weighted by Crippen LogP contribution is -2.20. The summed E-state index contributed by atoms with van der Waals surface area (Å²) >= 11 is 0. The summed E-state index contributed by atoms with van der Waals surface area (Å²) in [5, 5.41) is 8.71. The van der Waals surface area contributed by atoms with Crippen molar-refractivity contribution in [3.8, 4) is 0 Å². The highest BCUT2D eigenvalue weighted by Gasteiger charge is 2.05. The van der Waals surface area contributed by atoms with Gasteiger partial charge in [-0.25, -0.2) is 0 Å². The molecule has 0 aliphatic rings. The van der Waals surface area contributed by atoms with Gasteiger partial charge in [0, 0.05) is 20.2 Å².